The number of benzene rings is 1. The van der Waals surface area contributed by atoms with Crippen LogP contribution in [0.4, 0.5) is 0 Å². The van der Waals surface area contributed by atoms with Gasteiger partial charge in [-0.2, -0.15) is 0 Å². The van der Waals surface area contributed by atoms with Gasteiger partial charge in [0.1, 0.15) is 0 Å². The molecule has 2 aliphatic carbocycles. The monoisotopic (exact) mass is 234 g/mol. The molecular formula is C14H18O3. The van der Waals surface area contributed by atoms with Gasteiger partial charge in [0, 0.05) is 0 Å². The number of ether oxygens (including phenoxy) is 2. The van der Waals surface area contributed by atoms with Crippen LogP contribution in [-0.4, -0.2) is 18.3 Å². The molecule has 0 amide bonds. The third kappa shape index (κ3) is 2.00. The van der Waals surface area contributed by atoms with Gasteiger partial charge in [-0.3, -0.25) is 0 Å². The first-order valence-electron chi connectivity index (χ1n) is 6.29. The molecule has 0 aliphatic heterocycles. The molecule has 92 valence electrons. The molecule has 1 N–H and O–H groups in total. The van der Waals surface area contributed by atoms with E-state index in [0.29, 0.717) is 6.10 Å². The molecule has 3 nitrogen and oxygen atoms in total. The standard InChI is InChI=1S/C14H18O3/c1-16-13-9-10(14(15)7-8-14)5-6-12(13)17-11-3-2-4-11/h5-6,9,11,15H,2-4,7-8H2,1H3. The van der Waals surface area contributed by atoms with E-state index in [-0.39, 0.29) is 0 Å². The minimum absolute atomic E-state index is 0.346. The molecule has 0 unspecified atom stereocenters. The molecule has 0 spiro atoms. The van der Waals surface area contributed by atoms with Crippen LogP contribution in [0.2, 0.25) is 0 Å². The summed E-state index contributed by atoms with van der Waals surface area (Å²) in [7, 11) is 1.64. The molecule has 2 saturated carbocycles. The van der Waals surface area contributed by atoms with E-state index in [1.165, 1.54) is 6.42 Å². The van der Waals surface area contributed by atoms with Gasteiger partial charge in [-0.1, -0.05) is 6.07 Å². The molecule has 2 fully saturated rings. The van der Waals surface area contributed by atoms with Gasteiger partial charge < -0.3 is 14.6 Å². The fourth-order valence-corrected chi connectivity index (χ4v) is 2.13. The second-order valence-electron chi connectivity index (χ2n) is 5.07. The van der Waals surface area contributed by atoms with Gasteiger partial charge >= 0.3 is 0 Å². The summed E-state index contributed by atoms with van der Waals surface area (Å²) in [5.74, 6) is 1.53. The first-order valence-corrected chi connectivity index (χ1v) is 6.29. The van der Waals surface area contributed by atoms with Gasteiger partial charge in [0.2, 0.25) is 0 Å². The summed E-state index contributed by atoms with van der Waals surface area (Å²) in [4.78, 5) is 0. The van der Waals surface area contributed by atoms with Gasteiger partial charge in [-0.05, 0) is 49.8 Å². The topological polar surface area (TPSA) is 38.7 Å². The summed E-state index contributed by atoms with van der Waals surface area (Å²) in [6.45, 7) is 0. The van der Waals surface area contributed by atoms with E-state index in [4.69, 9.17) is 9.47 Å². The van der Waals surface area contributed by atoms with E-state index in [0.717, 1.165) is 42.7 Å². The van der Waals surface area contributed by atoms with Crippen LogP contribution >= 0.6 is 0 Å². The Kier molecular flexibility index (Phi) is 2.51. The number of hydrogen-bond donors (Lipinski definition) is 1. The maximum absolute atomic E-state index is 10.1. The number of hydrogen-bond acceptors (Lipinski definition) is 3. The predicted octanol–water partition coefficient (Wildman–Crippen LogP) is 2.61. The Hall–Kier alpha value is -1.22. The zero-order chi connectivity index (χ0) is 11.9. The molecule has 1 aromatic rings. The molecular weight excluding hydrogens is 216 g/mol. The van der Waals surface area contributed by atoms with E-state index in [1.54, 1.807) is 7.11 Å². The number of aliphatic hydroxyl groups is 1. The van der Waals surface area contributed by atoms with E-state index < -0.39 is 5.60 Å². The highest BCUT2D eigenvalue weighted by Crippen LogP contribution is 2.47. The molecule has 2 aliphatic rings. The minimum Gasteiger partial charge on any atom is -0.493 e. The Morgan fingerprint density at radius 2 is 2.00 bits per heavy atom. The van der Waals surface area contributed by atoms with Gasteiger partial charge in [-0.25, -0.2) is 0 Å². The maximum Gasteiger partial charge on any atom is 0.161 e. The van der Waals surface area contributed by atoms with Crippen molar-refractivity contribution in [3.05, 3.63) is 23.8 Å². The summed E-state index contributed by atoms with van der Waals surface area (Å²) in [6.07, 6.45) is 5.56. The van der Waals surface area contributed by atoms with E-state index in [2.05, 4.69) is 0 Å². The van der Waals surface area contributed by atoms with Crippen molar-refractivity contribution >= 4 is 0 Å². The highest BCUT2D eigenvalue weighted by Gasteiger charge is 2.42. The van der Waals surface area contributed by atoms with Gasteiger partial charge in [0.05, 0.1) is 18.8 Å². The van der Waals surface area contributed by atoms with Gasteiger partial charge in [0.15, 0.2) is 11.5 Å². The highest BCUT2D eigenvalue weighted by atomic mass is 16.5. The first kappa shape index (κ1) is 10.9. The zero-order valence-corrected chi connectivity index (χ0v) is 10.1. The summed E-state index contributed by atoms with van der Waals surface area (Å²) in [6, 6.07) is 5.77. The van der Waals surface area contributed by atoms with Crippen molar-refractivity contribution in [1.82, 2.24) is 0 Å². The molecule has 3 rings (SSSR count). The fraction of sp³-hybridized carbons (Fsp3) is 0.571. The normalized spacial score (nSPS) is 21.8. The summed E-state index contributed by atoms with van der Waals surface area (Å²) >= 11 is 0. The number of rotatable bonds is 4. The van der Waals surface area contributed by atoms with Crippen molar-refractivity contribution in [2.24, 2.45) is 0 Å². The Balaban J connectivity index is 1.83. The molecule has 1 aromatic carbocycles. The third-order valence-electron chi connectivity index (χ3n) is 3.77. The maximum atomic E-state index is 10.1. The molecule has 0 saturated heterocycles. The lowest BCUT2D eigenvalue weighted by atomic mass is 9.96. The Labute approximate surface area is 101 Å². The van der Waals surface area contributed by atoms with Crippen molar-refractivity contribution in [2.45, 2.75) is 43.8 Å². The lowest BCUT2D eigenvalue weighted by molar-refractivity contribution is 0.115. The highest BCUT2D eigenvalue weighted by molar-refractivity contribution is 5.46. The molecule has 0 radical (unpaired) electrons. The molecule has 3 heteroatoms. The van der Waals surface area contributed by atoms with E-state index in [1.807, 2.05) is 18.2 Å². The van der Waals surface area contributed by atoms with Crippen molar-refractivity contribution in [2.75, 3.05) is 7.11 Å². The van der Waals surface area contributed by atoms with Crippen LogP contribution in [0.5, 0.6) is 11.5 Å². The van der Waals surface area contributed by atoms with Crippen LogP contribution in [0.3, 0.4) is 0 Å². The van der Waals surface area contributed by atoms with E-state index >= 15 is 0 Å². The Morgan fingerprint density at radius 3 is 2.53 bits per heavy atom. The van der Waals surface area contributed by atoms with Crippen molar-refractivity contribution in [3.8, 4) is 11.5 Å². The lowest BCUT2D eigenvalue weighted by Gasteiger charge is -2.27. The summed E-state index contributed by atoms with van der Waals surface area (Å²) in [5.41, 5.74) is 0.331. The van der Waals surface area contributed by atoms with Crippen LogP contribution in [0.15, 0.2) is 18.2 Å². The minimum atomic E-state index is -0.609. The van der Waals surface area contributed by atoms with Crippen LogP contribution in [0, 0.1) is 0 Å². The molecule has 17 heavy (non-hydrogen) atoms. The van der Waals surface area contributed by atoms with Crippen molar-refractivity contribution in [1.29, 1.82) is 0 Å². The van der Waals surface area contributed by atoms with Crippen LogP contribution in [0.1, 0.15) is 37.7 Å². The van der Waals surface area contributed by atoms with Crippen LogP contribution in [-0.2, 0) is 5.60 Å². The quantitative estimate of drug-likeness (QED) is 0.870. The van der Waals surface area contributed by atoms with E-state index in [9.17, 15) is 5.11 Å². The predicted molar refractivity (Wildman–Crippen MR) is 64.4 cm³/mol. The Morgan fingerprint density at radius 1 is 1.24 bits per heavy atom. The average Bonchev–Trinajstić information content (AvgIpc) is 3.03. The second-order valence-corrected chi connectivity index (χ2v) is 5.07. The first-order chi connectivity index (χ1) is 8.21. The second kappa shape index (κ2) is 3.91. The lowest BCUT2D eigenvalue weighted by Crippen LogP contribution is -2.24. The Bertz CT molecular complexity index is 419. The van der Waals surface area contributed by atoms with Crippen molar-refractivity contribution < 1.29 is 14.6 Å². The molecule has 0 atom stereocenters. The van der Waals surface area contributed by atoms with Crippen LogP contribution < -0.4 is 9.47 Å². The van der Waals surface area contributed by atoms with Gasteiger partial charge in [0.25, 0.3) is 0 Å². The average molecular weight is 234 g/mol. The molecule has 0 bridgehead atoms. The third-order valence-corrected chi connectivity index (χ3v) is 3.77. The fourth-order valence-electron chi connectivity index (χ4n) is 2.13. The SMILES string of the molecule is COc1cc(C2(O)CC2)ccc1OC1CCC1. The molecule has 0 heterocycles. The van der Waals surface area contributed by atoms with Crippen LogP contribution in [0.25, 0.3) is 0 Å². The number of methoxy groups -OCH3 is 1. The summed E-state index contributed by atoms with van der Waals surface area (Å²) < 4.78 is 11.2. The smallest absolute Gasteiger partial charge is 0.161 e. The largest absolute Gasteiger partial charge is 0.493 e. The van der Waals surface area contributed by atoms with Crippen molar-refractivity contribution in [3.63, 3.8) is 0 Å². The van der Waals surface area contributed by atoms with Gasteiger partial charge in [-0.15, -0.1) is 0 Å². The zero-order valence-electron chi connectivity index (χ0n) is 10.1. The molecule has 0 aromatic heterocycles. The summed E-state index contributed by atoms with van der Waals surface area (Å²) in [5, 5.41) is 10.1.